The molecule has 0 aliphatic carbocycles. The van der Waals surface area contributed by atoms with Crippen molar-refractivity contribution in [1.82, 2.24) is 5.32 Å². The molecular formula is C65H129N2O6P. The van der Waals surface area contributed by atoms with Crippen LogP contribution in [0.25, 0.3) is 0 Å². The van der Waals surface area contributed by atoms with Crippen molar-refractivity contribution in [2.45, 2.75) is 347 Å². The molecule has 0 aromatic heterocycles. The number of amides is 1. The van der Waals surface area contributed by atoms with Gasteiger partial charge in [0.2, 0.25) is 5.91 Å². The van der Waals surface area contributed by atoms with Gasteiger partial charge in [-0.15, -0.1) is 0 Å². The van der Waals surface area contributed by atoms with E-state index in [1.54, 1.807) is 6.08 Å². The van der Waals surface area contributed by atoms with Crippen LogP contribution < -0.4 is 10.2 Å². The van der Waals surface area contributed by atoms with E-state index in [-0.39, 0.29) is 19.1 Å². The molecule has 0 heterocycles. The van der Waals surface area contributed by atoms with Gasteiger partial charge in [0.15, 0.2) is 0 Å². The molecular weight excluding hydrogens is 936 g/mol. The van der Waals surface area contributed by atoms with Gasteiger partial charge in [0.25, 0.3) is 7.82 Å². The van der Waals surface area contributed by atoms with Crippen LogP contribution in [0.2, 0.25) is 0 Å². The average molecular weight is 1070 g/mol. The minimum absolute atomic E-state index is 0.00349. The molecule has 0 saturated heterocycles. The number of hydrogen-bond acceptors (Lipinski definition) is 6. The molecule has 0 radical (unpaired) electrons. The predicted molar refractivity (Wildman–Crippen MR) is 321 cm³/mol. The number of nitrogens with one attached hydrogen (secondary N) is 1. The summed E-state index contributed by atoms with van der Waals surface area (Å²) in [4.78, 5) is 25.6. The molecule has 0 saturated carbocycles. The van der Waals surface area contributed by atoms with E-state index in [4.69, 9.17) is 9.05 Å². The van der Waals surface area contributed by atoms with E-state index in [0.29, 0.717) is 17.4 Å². The Hall–Kier alpha value is -1.02. The molecule has 8 nitrogen and oxygen atoms in total. The maximum Gasteiger partial charge on any atom is 0.268 e. The average Bonchev–Trinajstić information content (AvgIpc) is 3.36. The van der Waals surface area contributed by atoms with Gasteiger partial charge in [-0.1, -0.05) is 321 Å². The van der Waals surface area contributed by atoms with Crippen molar-refractivity contribution in [3.63, 3.8) is 0 Å². The highest BCUT2D eigenvalue weighted by atomic mass is 31.2. The van der Waals surface area contributed by atoms with Crippen LogP contribution >= 0.6 is 7.82 Å². The second kappa shape index (κ2) is 56.7. The van der Waals surface area contributed by atoms with Crippen molar-refractivity contribution in [2.24, 2.45) is 0 Å². The highest BCUT2D eigenvalue weighted by Gasteiger charge is 2.23. The van der Waals surface area contributed by atoms with E-state index < -0.39 is 20.0 Å². The van der Waals surface area contributed by atoms with Crippen LogP contribution in [-0.2, 0) is 18.4 Å². The lowest BCUT2D eigenvalue weighted by Gasteiger charge is -2.29. The highest BCUT2D eigenvalue weighted by molar-refractivity contribution is 7.45. The SMILES string of the molecule is CCCCCCCCCCCCCCCCCCCCCCC/C=C/CC/C=C/C(O)C(COP(=O)([O-])OCC[N+](C)(C)C)NC(=O)CCCCCCCCCCCCCCCCCCCCCCCCCCC. The van der Waals surface area contributed by atoms with E-state index in [1.807, 2.05) is 27.2 Å². The Labute approximate surface area is 462 Å². The second-order valence-electron chi connectivity index (χ2n) is 23.8. The molecule has 2 N–H and O–H groups in total. The summed E-state index contributed by atoms with van der Waals surface area (Å²) in [5.74, 6) is -0.199. The molecule has 0 rings (SSSR count). The van der Waals surface area contributed by atoms with Crippen LogP contribution in [0.5, 0.6) is 0 Å². The number of unbranched alkanes of at least 4 members (excludes halogenated alkanes) is 46. The summed E-state index contributed by atoms with van der Waals surface area (Å²) in [7, 11) is 1.26. The Bertz CT molecular complexity index is 1260. The second-order valence-corrected chi connectivity index (χ2v) is 25.2. The lowest BCUT2D eigenvalue weighted by Crippen LogP contribution is -2.45. The molecule has 3 atom stereocenters. The number of carbonyl (C=O) groups is 1. The third-order valence-corrected chi connectivity index (χ3v) is 16.1. The van der Waals surface area contributed by atoms with Gasteiger partial charge in [-0.25, -0.2) is 0 Å². The van der Waals surface area contributed by atoms with Gasteiger partial charge in [-0.3, -0.25) is 9.36 Å². The van der Waals surface area contributed by atoms with Crippen LogP contribution in [0.15, 0.2) is 24.3 Å². The van der Waals surface area contributed by atoms with Gasteiger partial charge < -0.3 is 28.8 Å². The van der Waals surface area contributed by atoms with Gasteiger partial charge in [-0.2, -0.15) is 0 Å². The van der Waals surface area contributed by atoms with E-state index in [0.717, 1.165) is 38.5 Å². The zero-order chi connectivity index (χ0) is 54.2. The number of phosphoric acid groups is 1. The summed E-state index contributed by atoms with van der Waals surface area (Å²) >= 11 is 0. The van der Waals surface area contributed by atoms with Crippen LogP contribution in [0, 0.1) is 0 Å². The van der Waals surface area contributed by atoms with Gasteiger partial charge in [0.05, 0.1) is 39.9 Å². The Morgan fingerprint density at radius 1 is 0.459 bits per heavy atom. The van der Waals surface area contributed by atoms with Crippen LogP contribution in [0.1, 0.15) is 335 Å². The lowest BCUT2D eigenvalue weighted by atomic mass is 10.0. The largest absolute Gasteiger partial charge is 0.756 e. The molecule has 0 aliphatic rings. The molecule has 0 aromatic carbocycles. The summed E-state index contributed by atoms with van der Waals surface area (Å²) < 4.78 is 23.4. The van der Waals surface area contributed by atoms with Crippen LogP contribution in [0.3, 0.4) is 0 Å². The molecule has 0 aliphatic heterocycles. The molecule has 0 bridgehead atoms. The van der Waals surface area contributed by atoms with E-state index in [1.165, 1.54) is 276 Å². The topological polar surface area (TPSA) is 108 Å². The van der Waals surface area contributed by atoms with Crippen LogP contribution in [0.4, 0.5) is 0 Å². The smallest absolute Gasteiger partial charge is 0.268 e. The number of hydrogen-bond donors (Lipinski definition) is 2. The maximum absolute atomic E-state index is 13.0. The first kappa shape index (κ1) is 73.0. The van der Waals surface area contributed by atoms with Crippen molar-refractivity contribution in [1.29, 1.82) is 0 Å². The molecule has 74 heavy (non-hydrogen) atoms. The van der Waals surface area contributed by atoms with E-state index >= 15 is 0 Å². The summed E-state index contributed by atoms with van der Waals surface area (Å²) in [5, 5.41) is 13.9. The molecule has 3 unspecified atom stereocenters. The van der Waals surface area contributed by atoms with Crippen molar-refractivity contribution < 1.29 is 32.9 Å². The number of phosphoric ester groups is 1. The summed E-state index contributed by atoms with van der Waals surface area (Å²) in [6.07, 6.45) is 72.9. The zero-order valence-electron chi connectivity index (χ0n) is 50.3. The van der Waals surface area contributed by atoms with Gasteiger partial charge >= 0.3 is 0 Å². The fourth-order valence-electron chi connectivity index (χ4n) is 10.1. The maximum atomic E-state index is 13.0. The van der Waals surface area contributed by atoms with Crippen molar-refractivity contribution in [2.75, 3.05) is 40.9 Å². The quantitative estimate of drug-likeness (QED) is 0.0272. The minimum Gasteiger partial charge on any atom is -0.756 e. The number of carbonyl (C=O) groups excluding carboxylic acids is 1. The number of rotatable bonds is 61. The number of aliphatic hydroxyl groups is 1. The van der Waals surface area contributed by atoms with Gasteiger partial charge in [-0.05, 0) is 32.1 Å². The fourth-order valence-corrected chi connectivity index (χ4v) is 10.8. The van der Waals surface area contributed by atoms with Gasteiger partial charge in [0, 0.05) is 6.42 Å². The summed E-state index contributed by atoms with van der Waals surface area (Å²) in [6, 6.07) is -0.901. The Kier molecular flexibility index (Phi) is 55.9. The van der Waals surface area contributed by atoms with E-state index in [2.05, 4.69) is 31.3 Å². The lowest BCUT2D eigenvalue weighted by molar-refractivity contribution is -0.870. The standard InChI is InChI=1S/C65H129N2O6P/c1-6-8-10-12-14-16-18-20-22-24-26-28-30-32-33-35-36-38-40-42-44-46-48-50-52-54-56-58-64(68)63(62-73-74(70,71)72-61-60-67(3,4)5)66-65(69)59-57-55-53-51-49-47-45-43-41-39-37-34-31-29-27-25-23-21-19-17-15-13-11-9-7-2/h48,50,56,58,63-64,68H,6-47,49,51-55,57,59-62H2,1-5H3,(H-,66,69,70,71)/b50-48+,58-56+. The summed E-state index contributed by atoms with van der Waals surface area (Å²) in [6.45, 7) is 4.69. The third kappa shape index (κ3) is 58.7. The first-order chi connectivity index (χ1) is 36.0. The van der Waals surface area contributed by atoms with Crippen molar-refractivity contribution in [3.8, 4) is 0 Å². The Morgan fingerprint density at radius 3 is 1.09 bits per heavy atom. The molecule has 9 heteroatoms. The molecule has 440 valence electrons. The predicted octanol–water partition coefficient (Wildman–Crippen LogP) is 19.7. The van der Waals surface area contributed by atoms with Crippen molar-refractivity contribution >= 4 is 13.7 Å². The fraction of sp³-hybridized carbons (Fsp3) is 0.923. The number of nitrogens with zero attached hydrogens (tertiary/aromatic N) is 1. The van der Waals surface area contributed by atoms with Crippen LogP contribution in [-0.4, -0.2) is 68.5 Å². The Morgan fingerprint density at radius 2 is 0.757 bits per heavy atom. The monoisotopic (exact) mass is 1060 g/mol. The Balaban J connectivity index is 4.13. The summed E-state index contributed by atoms with van der Waals surface area (Å²) in [5.41, 5.74) is 0. The first-order valence-electron chi connectivity index (χ1n) is 32.7. The number of likely N-dealkylation sites (N-methyl/N-ethyl adjacent to an activating group) is 1. The molecule has 0 spiro atoms. The number of quaternary nitrogens is 1. The number of aliphatic hydroxyl groups excluding tert-OH is 1. The third-order valence-electron chi connectivity index (χ3n) is 15.2. The molecule has 1 amide bonds. The minimum atomic E-state index is -4.61. The molecule has 0 aromatic rings. The zero-order valence-corrected chi connectivity index (χ0v) is 51.2. The van der Waals surface area contributed by atoms with Gasteiger partial charge in [0.1, 0.15) is 13.2 Å². The molecule has 0 fully saturated rings. The normalized spacial score (nSPS) is 13.9. The van der Waals surface area contributed by atoms with Crippen molar-refractivity contribution in [3.05, 3.63) is 24.3 Å². The number of allylic oxidation sites excluding steroid dienone is 3. The highest BCUT2D eigenvalue weighted by Crippen LogP contribution is 2.38. The first-order valence-corrected chi connectivity index (χ1v) is 34.2. The van der Waals surface area contributed by atoms with E-state index in [9.17, 15) is 19.4 Å².